The molecule has 0 saturated carbocycles. The van der Waals surface area contributed by atoms with E-state index in [4.69, 9.17) is 20.6 Å². The third-order valence-electron chi connectivity index (χ3n) is 5.65. The van der Waals surface area contributed by atoms with Gasteiger partial charge in [0.2, 0.25) is 0 Å². The number of aryl methyl sites for hydroxylation is 2. The molecule has 2 aromatic heterocycles. The Bertz CT molecular complexity index is 908. The van der Waals surface area contributed by atoms with Gasteiger partial charge in [0.05, 0.1) is 5.69 Å². The van der Waals surface area contributed by atoms with Crippen molar-refractivity contribution in [2.24, 2.45) is 0 Å². The second-order valence-electron chi connectivity index (χ2n) is 7.49. The number of halogens is 1. The first-order chi connectivity index (χ1) is 13.0. The van der Waals surface area contributed by atoms with Crippen molar-refractivity contribution >= 4 is 22.6 Å². The molecule has 0 atom stereocenters. The van der Waals surface area contributed by atoms with Crippen molar-refractivity contribution in [3.8, 4) is 0 Å². The van der Waals surface area contributed by atoms with E-state index in [2.05, 4.69) is 27.2 Å². The van der Waals surface area contributed by atoms with Crippen LogP contribution in [0.25, 0.3) is 11.0 Å². The third kappa shape index (κ3) is 3.88. The molecule has 4 rings (SSSR count). The van der Waals surface area contributed by atoms with Crippen LogP contribution in [0.3, 0.4) is 0 Å². The number of rotatable bonds is 5. The van der Waals surface area contributed by atoms with Crippen molar-refractivity contribution in [3.63, 3.8) is 0 Å². The van der Waals surface area contributed by atoms with Gasteiger partial charge in [-0.15, -0.1) is 0 Å². The molecule has 1 aliphatic heterocycles. The van der Waals surface area contributed by atoms with Gasteiger partial charge in [-0.1, -0.05) is 21.9 Å². The van der Waals surface area contributed by atoms with E-state index >= 15 is 0 Å². The SMILES string of the molecule is Cc1noc(C)c1CN1CCC(N(C)Cc2noc3ccc(Cl)cc23)CC1. The molecule has 6 nitrogen and oxygen atoms in total. The zero-order valence-corrected chi connectivity index (χ0v) is 16.8. The predicted octanol–water partition coefficient (Wildman–Crippen LogP) is 4.18. The average Bonchev–Trinajstić information content (AvgIpc) is 3.20. The molecule has 27 heavy (non-hydrogen) atoms. The summed E-state index contributed by atoms with van der Waals surface area (Å²) in [5.41, 5.74) is 3.97. The van der Waals surface area contributed by atoms with E-state index in [0.717, 1.165) is 67.1 Å². The first-order valence-corrected chi connectivity index (χ1v) is 9.77. The molecule has 1 aliphatic rings. The first-order valence-electron chi connectivity index (χ1n) is 9.39. The molecule has 3 aromatic rings. The largest absolute Gasteiger partial charge is 0.361 e. The minimum atomic E-state index is 0.539. The second-order valence-corrected chi connectivity index (χ2v) is 7.93. The fourth-order valence-electron chi connectivity index (χ4n) is 3.91. The van der Waals surface area contributed by atoms with E-state index in [9.17, 15) is 0 Å². The van der Waals surface area contributed by atoms with Crippen LogP contribution in [0.2, 0.25) is 5.02 Å². The predicted molar refractivity (Wildman–Crippen MR) is 105 cm³/mol. The smallest absolute Gasteiger partial charge is 0.167 e. The molecule has 0 amide bonds. The maximum absolute atomic E-state index is 6.13. The van der Waals surface area contributed by atoms with Crippen molar-refractivity contribution in [2.45, 2.75) is 45.8 Å². The van der Waals surface area contributed by atoms with E-state index < -0.39 is 0 Å². The fourth-order valence-corrected chi connectivity index (χ4v) is 4.08. The van der Waals surface area contributed by atoms with Gasteiger partial charge in [0, 0.05) is 35.1 Å². The van der Waals surface area contributed by atoms with Crippen LogP contribution in [0.4, 0.5) is 0 Å². The molecule has 0 aliphatic carbocycles. The van der Waals surface area contributed by atoms with E-state index in [0.29, 0.717) is 11.1 Å². The van der Waals surface area contributed by atoms with Gasteiger partial charge in [0.25, 0.3) is 0 Å². The summed E-state index contributed by atoms with van der Waals surface area (Å²) in [5, 5.41) is 10.0. The van der Waals surface area contributed by atoms with E-state index in [1.807, 2.05) is 32.0 Å². The summed E-state index contributed by atoms with van der Waals surface area (Å²) in [6.45, 7) is 7.84. The molecule has 0 N–H and O–H groups in total. The van der Waals surface area contributed by atoms with Crippen LogP contribution in [0, 0.1) is 13.8 Å². The van der Waals surface area contributed by atoms with Gasteiger partial charge in [0.15, 0.2) is 5.58 Å². The van der Waals surface area contributed by atoms with Crippen molar-refractivity contribution in [3.05, 3.63) is 45.9 Å². The number of nitrogens with zero attached hydrogens (tertiary/aromatic N) is 4. The molecule has 144 valence electrons. The summed E-state index contributed by atoms with van der Waals surface area (Å²) in [5.74, 6) is 0.934. The van der Waals surface area contributed by atoms with Crippen molar-refractivity contribution in [2.75, 3.05) is 20.1 Å². The van der Waals surface area contributed by atoms with Gasteiger partial charge >= 0.3 is 0 Å². The highest BCUT2D eigenvalue weighted by Gasteiger charge is 2.25. The van der Waals surface area contributed by atoms with Gasteiger partial charge < -0.3 is 9.05 Å². The van der Waals surface area contributed by atoms with Crippen molar-refractivity contribution in [1.29, 1.82) is 0 Å². The van der Waals surface area contributed by atoms with E-state index in [1.54, 1.807) is 0 Å². The lowest BCUT2D eigenvalue weighted by molar-refractivity contribution is 0.117. The zero-order valence-electron chi connectivity index (χ0n) is 16.0. The van der Waals surface area contributed by atoms with Crippen LogP contribution in [0.15, 0.2) is 27.2 Å². The average molecular weight is 389 g/mol. The van der Waals surface area contributed by atoms with Gasteiger partial charge in [-0.25, -0.2) is 0 Å². The molecule has 1 aromatic carbocycles. The lowest BCUT2D eigenvalue weighted by Crippen LogP contribution is -2.42. The molecule has 0 unspecified atom stereocenters. The summed E-state index contributed by atoms with van der Waals surface area (Å²) in [7, 11) is 2.17. The topological polar surface area (TPSA) is 58.5 Å². The van der Waals surface area contributed by atoms with Crippen LogP contribution in [0.5, 0.6) is 0 Å². The molecule has 3 heterocycles. The Morgan fingerprint density at radius 2 is 1.96 bits per heavy atom. The Morgan fingerprint density at radius 1 is 1.19 bits per heavy atom. The van der Waals surface area contributed by atoms with Crippen LogP contribution in [0.1, 0.15) is 35.6 Å². The maximum atomic E-state index is 6.13. The molecule has 0 spiro atoms. The van der Waals surface area contributed by atoms with Crippen LogP contribution >= 0.6 is 11.6 Å². The Kier molecular flexibility index (Phi) is 5.21. The molecular weight excluding hydrogens is 364 g/mol. The Morgan fingerprint density at radius 3 is 2.67 bits per heavy atom. The van der Waals surface area contributed by atoms with Crippen LogP contribution in [-0.4, -0.2) is 46.3 Å². The van der Waals surface area contributed by atoms with Crippen LogP contribution in [-0.2, 0) is 13.1 Å². The number of fused-ring (bicyclic) bond motifs is 1. The molecule has 0 bridgehead atoms. The number of hydrogen-bond acceptors (Lipinski definition) is 6. The summed E-state index contributed by atoms with van der Waals surface area (Å²) < 4.78 is 10.7. The lowest BCUT2D eigenvalue weighted by atomic mass is 10.0. The number of likely N-dealkylation sites (tertiary alicyclic amines) is 1. The van der Waals surface area contributed by atoms with Gasteiger partial charge in [-0.2, -0.15) is 0 Å². The summed E-state index contributed by atoms with van der Waals surface area (Å²) in [6.07, 6.45) is 2.27. The highest BCUT2D eigenvalue weighted by Crippen LogP contribution is 2.26. The van der Waals surface area contributed by atoms with Crippen molar-refractivity contribution < 1.29 is 9.05 Å². The number of aromatic nitrogens is 2. The highest BCUT2D eigenvalue weighted by molar-refractivity contribution is 6.31. The minimum Gasteiger partial charge on any atom is -0.361 e. The summed E-state index contributed by atoms with van der Waals surface area (Å²) in [4.78, 5) is 4.87. The number of piperidine rings is 1. The highest BCUT2D eigenvalue weighted by atomic mass is 35.5. The molecule has 1 saturated heterocycles. The van der Waals surface area contributed by atoms with Crippen LogP contribution < -0.4 is 0 Å². The monoisotopic (exact) mass is 388 g/mol. The van der Waals surface area contributed by atoms with Gasteiger partial charge in [-0.05, 0) is 65.0 Å². The maximum Gasteiger partial charge on any atom is 0.167 e. The normalized spacial score (nSPS) is 16.6. The number of benzene rings is 1. The molecule has 1 fully saturated rings. The van der Waals surface area contributed by atoms with E-state index in [1.165, 1.54) is 5.56 Å². The summed E-state index contributed by atoms with van der Waals surface area (Å²) in [6, 6.07) is 6.18. The van der Waals surface area contributed by atoms with Gasteiger partial charge in [0.1, 0.15) is 11.5 Å². The minimum absolute atomic E-state index is 0.539. The lowest BCUT2D eigenvalue weighted by Gasteiger charge is -2.36. The first kappa shape index (κ1) is 18.5. The van der Waals surface area contributed by atoms with E-state index in [-0.39, 0.29) is 0 Å². The zero-order chi connectivity index (χ0) is 19.0. The molecular formula is C20H25ClN4O2. The Balaban J connectivity index is 1.35. The molecule has 7 heteroatoms. The second kappa shape index (κ2) is 7.62. The third-order valence-corrected chi connectivity index (χ3v) is 5.88. The van der Waals surface area contributed by atoms with Gasteiger partial charge in [-0.3, -0.25) is 9.80 Å². The Labute approximate surface area is 164 Å². The standard InChI is InChI=1S/C20H25ClN4O2/c1-13-18(14(2)26-22-13)11-25-8-6-16(7-9-25)24(3)12-19-17-10-15(21)4-5-20(17)27-23-19/h4-5,10,16H,6-9,11-12H2,1-3H3. The fraction of sp³-hybridized carbons (Fsp3) is 0.500. The Hall–Kier alpha value is -1.89. The van der Waals surface area contributed by atoms with Crippen molar-refractivity contribution in [1.82, 2.24) is 20.1 Å². The number of hydrogen-bond donors (Lipinski definition) is 0. The molecule has 0 radical (unpaired) electrons. The quantitative estimate of drug-likeness (QED) is 0.653. The summed E-state index contributed by atoms with van der Waals surface area (Å²) >= 11 is 6.13.